The molecular formula is C32H34N6O2. The van der Waals surface area contributed by atoms with Crippen molar-refractivity contribution in [1.82, 2.24) is 30.6 Å². The highest BCUT2D eigenvalue weighted by Gasteiger charge is 2.15. The zero-order chi connectivity index (χ0) is 27.7. The highest BCUT2D eigenvalue weighted by molar-refractivity contribution is 5.80. The van der Waals surface area contributed by atoms with E-state index in [-0.39, 0.29) is 6.61 Å². The summed E-state index contributed by atoms with van der Waals surface area (Å²) in [5.74, 6) is 2.01. The van der Waals surface area contributed by atoms with Gasteiger partial charge in [-0.3, -0.25) is 0 Å². The van der Waals surface area contributed by atoms with Gasteiger partial charge in [-0.25, -0.2) is 4.98 Å². The second kappa shape index (κ2) is 13.1. The van der Waals surface area contributed by atoms with Crippen LogP contribution in [0.15, 0.2) is 72.8 Å². The molecule has 0 saturated carbocycles. The van der Waals surface area contributed by atoms with Crippen molar-refractivity contribution in [3.63, 3.8) is 0 Å². The number of H-pyrrole nitrogens is 1. The van der Waals surface area contributed by atoms with Crippen molar-refractivity contribution >= 4 is 0 Å². The molecule has 2 aromatic heterocycles. The van der Waals surface area contributed by atoms with Gasteiger partial charge in [-0.15, -0.1) is 10.2 Å². The molecule has 0 bridgehead atoms. The number of aliphatic hydroxyl groups excluding tert-OH is 1. The normalized spacial score (nSPS) is 11.1. The molecule has 0 saturated heterocycles. The number of aliphatic hydroxyl groups is 1. The zero-order valence-electron chi connectivity index (χ0n) is 23.0. The van der Waals surface area contributed by atoms with Crippen molar-refractivity contribution in [3.8, 4) is 28.4 Å². The lowest BCUT2D eigenvalue weighted by molar-refractivity contribution is 0.281. The fourth-order valence-electron chi connectivity index (χ4n) is 4.77. The molecule has 204 valence electrons. The average molecular weight is 535 g/mol. The topological polar surface area (TPSA) is 110 Å². The summed E-state index contributed by atoms with van der Waals surface area (Å²) in [6.45, 7) is 4.62. The lowest BCUT2D eigenvalue weighted by Gasteiger charge is -2.15. The molecule has 0 amide bonds. The predicted octanol–water partition coefficient (Wildman–Crippen LogP) is 6.03. The van der Waals surface area contributed by atoms with Crippen molar-refractivity contribution in [2.45, 2.75) is 59.2 Å². The van der Waals surface area contributed by atoms with Crippen molar-refractivity contribution in [3.05, 3.63) is 107 Å². The highest BCUT2D eigenvalue weighted by atomic mass is 16.5. The van der Waals surface area contributed by atoms with Gasteiger partial charge < -0.3 is 9.84 Å². The molecule has 0 aliphatic rings. The molecule has 0 spiro atoms. The van der Waals surface area contributed by atoms with Gasteiger partial charge in [0.25, 0.3) is 0 Å². The molecular weight excluding hydrogens is 500 g/mol. The van der Waals surface area contributed by atoms with Gasteiger partial charge in [-0.05, 0) is 46.4 Å². The van der Waals surface area contributed by atoms with Gasteiger partial charge in [0, 0.05) is 29.7 Å². The maximum atomic E-state index is 9.58. The molecule has 0 aliphatic heterocycles. The van der Waals surface area contributed by atoms with Crippen LogP contribution in [0.1, 0.15) is 60.0 Å². The molecule has 5 rings (SSSR count). The molecule has 2 heterocycles. The number of hydrogen-bond acceptors (Lipinski definition) is 7. The maximum absolute atomic E-state index is 9.58. The van der Waals surface area contributed by atoms with E-state index in [9.17, 15) is 5.11 Å². The van der Waals surface area contributed by atoms with E-state index in [0.29, 0.717) is 24.7 Å². The van der Waals surface area contributed by atoms with Crippen molar-refractivity contribution in [2.24, 2.45) is 0 Å². The minimum absolute atomic E-state index is 0.0125. The molecule has 2 N–H and O–H groups in total. The molecule has 0 unspecified atom stereocenters. The minimum Gasteiger partial charge on any atom is -0.472 e. The van der Waals surface area contributed by atoms with Gasteiger partial charge in [0.15, 0.2) is 0 Å². The first-order valence-corrected chi connectivity index (χ1v) is 13.7. The van der Waals surface area contributed by atoms with E-state index >= 15 is 0 Å². The number of benzene rings is 3. The number of rotatable bonds is 12. The van der Waals surface area contributed by atoms with Crippen molar-refractivity contribution in [2.75, 3.05) is 0 Å². The van der Waals surface area contributed by atoms with E-state index in [1.165, 1.54) is 0 Å². The van der Waals surface area contributed by atoms with Crippen LogP contribution in [0.2, 0.25) is 0 Å². The minimum atomic E-state index is 0.0125. The standard InChI is InChI=1S/C32H34N6O2/c1-3-4-5-13-30-33-22(2)29(19-24-9-8-10-25(18-24)20-39)32(34-30)40-21-23-14-16-26(17-15-23)27-11-6-7-12-28(27)31-35-37-38-36-31/h6-12,14-18,39H,3-5,13,19-21H2,1-2H3,(H,35,36,37,38). The number of unbranched alkanes of at least 4 members (excludes halogenated alkanes) is 2. The summed E-state index contributed by atoms with van der Waals surface area (Å²) in [6, 6.07) is 24.3. The van der Waals surface area contributed by atoms with Crippen LogP contribution in [-0.2, 0) is 26.1 Å². The third kappa shape index (κ3) is 6.58. The van der Waals surface area contributed by atoms with Crippen LogP contribution >= 0.6 is 0 Å². The van der Waals surface area contributed by atoms with Crippen LogP contribution in [0.4, 0.5) is 0 Å². The Morgan fingerprint density at radius 1 is 0.850 bits per heavy atom. The van der Waals surface area contributed by atoms with Crippen LogP contribution in [-0.4, -0.2) is 35.7 Å². The van der Waals surface area contributed by atoms with Gasteiger partial charge in [-0.2, -0.15) is 10.2 Å². The van der Waals surface area contributed by atoms with Crippen molar-refractivity contribution < 1.29 is 9.84 Å². The number of nitrogens with one attached hydrogen (secondary N) is 1. The Morgan fingerprint density at radius 3 is 2.40 bits per heavy atom. The molecule has 8 heteroatoms. The smallest absolute Gasteiger partial charge is 0.220 e. The van der Waals surface area contributed by atoms with Gasteiger partial charge in [0.2, 0.25) is 11.7 Å². The summed E-state index contributed by atoms with van der Waals surface area (Å²) < 4.78 is 6.38. The molecule has 5 aromatic rings. The quantitative estimate of drug-likeness (QED) is 0.188. The molecule has 3 aromatic carbocycles. The summed E-state index contributed by atoms with van der Waals surface area (Å²) in [5.41, 5.74) is 7.93. The van der Waals surface area contributed by atoms with Gasteiger partial charge >= 0.3 is 0 Å². The molecule has 0 fully saturated rings. The van der Waals surface area contributed by atoms with E-state index in [4.69, 9.17) is 14.7 Å². The van der Waals surface area contributed by atoms with E-state index in [0.717, 1.165) is 76.1 Å². The summed E-state index contributed by atoms with van der Waals surface area (Å²) >= 11 is 0. The Hall–Kier alpha value is -4.43. The van der Waals surface area contributed by atoms with Crippen LogP contribution in [0.5, 0.6) is 5.88 Å². The second-order valence-corrected chi connectivity index (χ2v) is 9.89. The first kappa shape index (κ1) is 27.1. The van der Waals surface area contributed by atoms with E-state index in [2.05, 4.69) is 63.9 Å². The predicted molar refractivity (Wildman–Crippen MR) is 155 cm³/mol. The van der Waals surface area contributed by atoms with Crippen LogP contribution < -0.4 is 4.74 Å². The number of aromatic nitrogens is 6. The van der Waals surface area contributed by atoms with Gasteiger partial charge in [-0.1, -0.05) is 92.6 Å². The summed E-state index contributed by atoms with van der Waals surface area (Å²) in [5, 5.41) is 24.1. The van der Waals surface area contributed by atoms with Gasteiger partial charge in [0.1, 0.15) is 12.4 Å². The Bertz CT molecular complexity index is 1530. The Labute approximate surface area is 234 Å². The monoisotopic (exact) mass is 534 g/mol. The summed E-state index contributed by atoms with van der Waals surface area (Å²) in [4.78, 5) is 9.68. The number of aryl methyl sites for hydroxylation is 2. The summed E-state index contributed by atoms with van der Waals surface area (Å²) in [7, 11) is 0. The van der Waals surface area contributed by atoms with Gasteiger partial charge in [0.05, 0.1) is 6.61 Å². The SMILES string of the molecule is CCCCCc1nc(C)c(Cc2cccc(CO)c2)c(OCc2ccc(-c3ccccc3-c3nn[nH]n3)cc2)n1. The van der Waals surface area contributed by atoms with Crippen molar-refractivity contribution in [1.29, 1.82) is 0 Å². The number of aromatic amines is 1. The number of hydrogen-bond donors (Lipinski definition) is 2. The second-order valence-electron chi connectivity index (χ2n) is 9.89. The average Bonchev–Trinajstić information content (AvgIpc) is 3.53. The van der Waals surface area contributed by atoms with Crippen LogP contribution in [0.25, 0.3) is 22.5 Å². The first-order chi connectivity index (χ1) is 19.6. The number of ether oxygens (including phenoxy) is 1. The molecule has 8 nitrogen and oxygen atoms in total. The first-order valence-electron chi connectivity index (χ1n) is 13.7. The largest absolute Gasteiger partial charge is 0.472 e. The number of nitrogens with zero attached hydrogens (tertiary/aromatic N) is 5. The lowest BCUT2D eigenvalue weighted by atomic mass is 9.98. The fraction of sp³-hybridized carbons (Fsp3) is 0.281. The van der Waals surface area contributed by atoms with E-state index in [1.807, 2.05) is 43.3 Å². The molecule has 0 atom stereocenters. The fourth-order valence-corrected chi connectivity index (χ4v) is 4.77. The Morgan fingerprint density at radius 2 is 1.65 bits per heavy atom. The zero-order valence-corrected chi connectivity index (χ0v) is 23.0. The highest BCUT2D eigenvalue weighted by Crippen LogP contribution is 2.30. The molecule has 0 aliphatic carbocycles. The Kier molecular flexibility index (Phi) is 8.88. The van der Waals surface area contributed by atoms with Crippen LogP contribution in [0, 0.1) is 6.92 Å². The van der Waals surface area contributed by atoms with E-state index in [1.54, 1.807) is 0 Å². The number of tetrazole rings is 1. The lowest BCUT2D eigenvalue weighted by Crippen LogP contribution is -2.09. The molecule has 40 heavy (non-hydrogen) atoms. The third-order valence-electron chi connectivity index (χ3n) is 6.93. The maximum Gasteiger partial charge on any atom is 0.220 e. The van der Waals surface area contributed by atoms with E-state index < -0.39 is 0 Å². The third-order valence-corrected chi connectivity index (χ3v) is 6.93. The van der Waals surface area contributed by atoms with Crippen LogP contribution in [0.3, 0.4) is 0 Å². The Balaban J connectivity index is 1.37. The summed E-state index contributed by atoms with van der Waals surface area (Å²) in [6.07, 6.45) is 4.82. The molecule has 0 radical (unpaired) electrons.